The monoisotopic (exact) mass is 210 g/mol. The van der Waals surface area contributed by atoms with E-state index in [-0.39, 0.29) is 5.97 Å². The van der Waals surface area contributed by atoms with E-state index in [1.54, 1.807) is 24.3 Å². The molecule has 1 rings (SSSR count). The lowest BCUT2D eigenvalue weighted by molar-refractivity contribution is -0.0720. The Balaban J connectivity index is 2.68. The molecule has 0 heterocycles. The second-order valence-corrected chi connectivity index (χ2v) is 3.08. The maximum absolute atomic E-state index is 11.1. The summed E-state index contributed by atoms with van der Waals surface area (Å²) in [5.74, 6) is -0.367. The van der Waals surface area contributed by atoms with Crippen molar-refractivity contribution in [2.24, 2.45) is 0 Å². The topological polar surface area (TPSA) is 55.8 Å². The van der Waals surface area contributed by atoms with Crippen LogP contribution < -0.4 is 0 Å². The highest BCUT2D eigenvalue weighted by atomic mass is 16.6. The average Bonchev–Trinajstić information content (AvgIpc) is 2.29. The van der Waals surface area contributed by atoms with Crippen LogP contribution in [0.1, 0.15) is 15.9 Å². The van der Waals surface area contributed by atoms with E-state index in [0.717, 1.165) is 5.56 Å². The summed E-state index contributed by atoms with van der Waals surface area (Å²) in [6.45, 7) is 0. The number of carbonyl (C=O) groups excluding carboxylic acids is 1. The smallest absolute Gasteiger partial charge is 0.337 e. The first kappa shape index (κ1) is 11.7. The molecular weight excluding hydrogens is 196 g/mol. The van der Waals surface area contributed by atoms with E-state index in [4.69, 9.17) is 4.74 Å². The Labute approximate surface area is 88.4 Å². The highest BCUT2D eigenvalue weighted by Crippen LogP contribution is 2.08. The number of benzene rings is 1. The van der Waals surface area contributed by atoms with Crippen LogP contribution in [0.15, 0.2) is 24.3 Å². The predicted molar refractivity (Wildman–Crippen MR) is 54.5 cm³/mol. The highest BCUT2D eigenvalue weighted by Gasteiger charge is 2.06. The molecule has 1 unspecified atom stereocenters. The molecule has 0 saturated carbocycles. The molecular formula is C11H14O4. The molecule has 0 amide bonds. The SMILES string of the molecule is COC(=O)c1ccc(CC(O)OC)cc1. The van der Waals surface area contributed by atoms with E-state index in [1.165, 1.54) is 14.2 Å². The number of esters is 1. The summed E-state index contributed by atoms with van der Waals surface area (Å²) in [4.78, 5) is 11.1. The van der Waals surface area contributed by atoms with Crippen LogP contribution in [0.25, 0.3) is 0 Å². The van der Waals surface area contributed by atoms with Gasteiger partial charge >= 0.3 is 5.97 Å². The molecule has 0 saturated heterocycles. The molecule has 0 spiro atoms. The van der Waals surface area contributed by atoms with E-state index < -0.39 is 6.29 Å². The Bertz CT molecular complexity index is 318. The van der Waals surface area contributed by atoms with Gasteiger partial charge in [0.2, 0.25) is 0 Å². The highest BCUT2D eigenvalue weighted by molar-refractivity contribution is 5.89. The second-order valence-electron chi connectivity index (χ2n) is 3.08. The van der Waals surface area contributed by atoms with Crippen molar-refractivity contribution in [3.05, 3.63) is 35.4 Å². The Hall–Kier alpha value is -1.39. The molecule has 0 bridgehead atoms. The molecule has 1 N–H and O–H groups in total. The van der Waals surface area contributed by atoms with Crippen LogP contribution in [-0.4, -0.2) is 31.6 Å². The van der Waals surface area contributed by atoms with Crippen molar-refractivity contribution in [1.29, 1.82) is 0 Å². The molecule has 4 nitrogen and oxygen atoms in total. The lowest BCUT2D eigenvalue weighted by Crippen LogP contribution is -2.12. The Morgan fingerprint density at radius 2 is 1.93 bits per heavy atom. The van der Waals surface area contributed by atoms with Crippen LogP contribution >= 0.6 is 0 Å². The summed E-state index contributed by atoms with van der Waals surface area (Å²) in [7, 11) is 2.78. The first-order valence-corrected chi connectivity index (χ1v) is 4.55. The van der Waals surface area contributed by atoms with Gasteiger partial charge in [-0.15, -0.1) is 0 Å². The van der Waals surface area contributed by atoms with Gasteiger partial charge in [0.05, 0.1) is 12.7 Å². The third-order valence-electron chi connectivity index (χ3n) is 2.06. The predicted octanol–water partition coefficient (Wildman–Crippen LogP) is 0.980. The van der Waals surface area contributed by atoms with Crippen molar-refractivity contribution in [1.82, 2.24) is 0 Å². The van der Waals surface area contributed by atoms with Crippen LogP contribution in [-0.2, 0) is 15.9 Å². The van der Waals surface area contributed by atoms with E-state index >= 15 is 0 Å². The number of rotatable bonds is 4. The number of hydrogen-bond acceptors (Lipinski definition) is 4. The molecule has 0 aromatic heterocycles. The molecule has 1 aromatic carbocycles. The van der Waals surface area contributed by atoms with Crippen molar-refractivity contribution >= 4 is 5.97 Å². The molecule has 0 radical (unpaired) electrons. The Morgan fingerprint density at radius 3 is 2.40 bits per heavy atom. The number of aliphatic hydroxyl groups is 1. The third kappa shape index (κ3) is 3.34. The quantitative estimate of drug-likeness (QED) is 0.594. The van der Waals surface area contributed by atoms with E-state index in [1.807, 2.05) is 0 Å². The minimum Gasteiger partial charge on any atom is -0.465 e. The molecule has 82 valence electrons. The van der Waals surface area contributed by atoms with Gasteiger partial charge in [-0.25, -0.2) is 4.79 Å². The summed E-state index contributed by atoms with van der Waals surface area (Å²) in [5.41, 5.74) is 1.39. The molecule has 0 aliphatic carbocycles. The molecule has 1 aromatic rings. The first-order chi connectivity index (χ1) is 7.17. The molecule has 15 heavy (non-hydrogen) atoms. The maximum atomic E-state index is 11.1. The summed E-state index contributed by atoms with van der Waals surface area (Å²) < 4.78 is 9.28. The summed E-state index contributed by atoms with van der Waals surface area (Å²) >= 11 is 0. The second kappa shape index (κ2) is 5.48. The van der Waals surface area contributed by atoms with E-state index in [0.29, 0.717) is 12.0 Å². The van der Waals surface area contributed by atoms with Crippen LogP contribution in [0.4, 0.5) is 0 Å². The number of ether oxygens (including phenoxy) is 2. The third-order valence-corrected chi connectivity index (χ3v) is 2.06. The van der Waals surface area contributed by atoms with Crippen LogP contribution in [0.5, 0.6) is 0 Å². The lowest BCUT2D eigenvalue weighted by atomic mass is 10.1. The minimum absolute atomic E-state index is 0.367. The number of carbonyl (C=O) groups is 1. The lowest BCUT2D eigenvalue weighted by Gasteiger charge is -2.08. The van der Waals surface area contributed by atoms with Gasteiger partial charge in [-0.1, -0.05) is 12.1 Å². The molecule has 0 fully saturated rings. The van der Waals surface area contributed by atoms with Gasteiger partial charge in [0.1, 0.15) is 0 Å². The van der Waals surface area contributed by atoms with E-state index in [9.17, 15) is 9.90 Å². The zero-order valence-electron chi connectivity index (χ0n) is 8.77. The zero-order chi connectivity index (χ0) is 11.3. The molecule has 0 aliphatic heterocycles. The van der Waals surface area contributed by atoms with Gasteiger partial charge in [0, 0.05) is 13.5 Å². The zero-order valence-corrected chi connectivity index (χ0v) is 8.77. The van der Waals surface area contributed by atoms with Gasteiger partial charge < -0.3 is 14.6 Å². The minimum atomic E-state index is -0.811. The Morgan fingerprint density at radius 1 is 1.33 bits per heavy atom. The van der Waals surface area contributed by atoms with Gasteiger partial charge in [0.15, 0.2) is 6.29 Å². The van der Waals surface area contributed by atoms with Crippen molar-refractivity contribution in [3.8, 4) is 0 Å². The fraction of sp³-hybridized carbons (Fsp3) is 0.364. The van der Waals surface area contributed by atoms with Gasteiger partial charge in [-0.3, -0.25) is 0 Å². The largest absolute Gasteiger partial charge is 0.465 e. The van der Waals surface area contributed by atoms with Crippen molar-refractivity contribution < 1.29 is 19.4 Å². The average molecular weight is 210 g/mol. The number of aliphatic hydroxyl groups excluding tert-OH is 1. The molecule has 4 heteroatoms. The number of methoxy groups -OCH3 is 2. The van der Waals surface area contributed by atoms with Crippen molar-refractivity contribution in [3.63, 3.8) is 0 Å². The fourth-order valence-corrected chi connectivity index (χ4v) is 1.18. The van der Waals surface area contributed by atoms with Crippen molar-refractivity contribution in [2.75, 3.05) is 14.2 Å². The van der Waals surface area contributed by atoms with Gasteiger partial charge in [-0.2, -0.15) is 0 Å². The van der Waals surface area contributed by atoms with Crippen molar-refractivity contribution in [2.45, 2.75) is 12.7 Å². The fourth-order valence-electron chi connectivity index (χ4n) is 1.18. The molecule has 0 aliphatic rings. The standard InChI is InChI=1S/C11H14O4/c1-14-10(12)7-8-3-5-9(6-4-8)11(13)15-2/h3-6,10,12H,7H2,1-2H3. The van der Waals surface area contributed by atoms with E-state index in [2.05, 4.69) is 4.74 Å². The molecule has 1 atom stereocenters. The maximum Gasteiger partial charge on any atom is 0.337 e. The summed E-state index contributed by atoms with van der Waals surface area (Å²) in [5, 5.41) is 9.22. The summed E-state index contributed by atoms with van der Waals surface area (Å²) in [6.07, 6.45) is -0.410. The normalized spacial score (nSPS) is 12.2. The Kier molecular flexibility index (Phi) is 4.27. The first-order valence-electron chi connectivity index (χ1n) is 4.55. The summed E-state index contributed by atoms with van der Waals surface area (Å²) in [6, 6.07) is 6.83. The van der Waals surface area contributed by atoms with Gasteiger partial charge in [0.25, 0.3) is 0 Å². The van der Waals surface area contributed by atoms with Gasteiger partial charge in [-0.05, 0) is 17.7 Å². The number of hydrogen-bond donors (Lipinski definition) is 1. The van der Waals surface area contributed by atoms with Crippen LogP contribution in [0, 0.1) is 0 Å². The van der Waals surface area contributed by atoms with Crippen LogP contribution in [0.3, 0.4) is 0 Å². The van der Waals surface area contributed by atoms with Crippen LogP contribution in [0.2, 0.25) is 0 Å².